The van der Waals surface area contributed by atoms with Crippen molar-refractivity contribution >= 4 is 35.7 Å². The Morgan fingerprint density at radius 2 is 2.23 bits per heavy atom. The van der Waals surface area contributed by atoms with Gasteiger partial charge in [0.25, 0.3) is 9.05 Å². The van der Waals surface area contributed by atoms with Gasteiger partial charge in [-0.25, -0.2) is 12.8 Å². The summed E-state index contributed by atoms with van der Waals surface area (Å²) in [4.78, 5) is -0.494. The maximum Gasteiger partial charge on any atom is 0.261 e. The molecule has 1 aromatic carbocycles. The second kappa shape index (κ2) is 3.55. The van der Waals surface area contributed by atoms with E-state index in [0.29, 0.717) is 6.07 Å². The summed E-state index contributed by atoms with van der Waals surface area (Å²) >= 11 is 2.80. The summed E-state index contributed by atoms with van der Waals surface area (Å²) in [5, 5.41) is 0. The smallest absolute Gasteiger partial charge is 0.207 e. The second-order valence-corrected chi connectivity index (χ2v) is 5.62. The minimum Gasteiger partial charge on any atom is -0.207 e. The molecule has 0 aromatic heterocycles. The zero-order valence-electron chi connectivity index (χ0n) is 9.01. The molecule has 0 bridgehead atoms. The van der Waals surface area contributed by atoms with E-state index in [1.807, 2.05) is 0 Å². The van der Waals surface area contributed by atoms with Crippen molar-refractivity contribution in [1.29, 1.82) is 0 Å². The Morgan fingerprint density at radius 1 is 1.62 bits per heavy atom. The van der Waals surface area contributed by atoms with Crippen LogP contribution in [0.25, 0.3) is 0 Å². The van der Waals surface area contributed by atoms with Crippen LogP contribution in [-0.4, -0.2) is 8.42 Å². The molecule has 0 aliphatic heterocycles. The van der Waals surface area contributed by atoms with E-state index in [1.165, 1.54) is 0 Å². The third kappa shape index (κ3) is 2.42. The molecule has 0 atom stereocenters. The van der Waals surface area contributed by atoms with E-state index in [9.17, 15) is 12.8 Å². The highest BCUT2D eigenvalue weighted by Gasteiger charge is 2.14. The highest BCUT2D eigenvalue weighted by atomic mass is 79.9. The summed E-state index contributed by atoms with van der Waals surface area (Å²) in [6.45, 7) is -2.67. The zero-order valence-corrected chi connectivity index (χ0v) is 9.17. The Bertz CT molecular complexity index is 506. The molecule has 0 heterocycles. The lowest BCUT2D eigenvalue weighted by Crippen LogP contribution is -1.94. The van der Waals surface area contributed by atoms with Gasteiger partial charge >= 0.3 is 0 Å². The van der Waals surface area contributed by atoms with Gasteiger partial charge < -0.3 is 0 Å². The van der Waals surface area contributed by atoms with E-state index in [4.69, 9.17) is 14.8 Å². The molecule has 2 nitrogen and oxygen atoms in total. The van der Waals surface area contributed by atoms with Crippen LogP contribution in [0.5, 0.6) is 0 Å². The van der Waals surface area contributed by atoms with Gasteiger partial charge in [0.1, 0.15) is 5.82 Å². The lowest BCUT2D eigenvalue weighted by Gasteiger charge is -2.02. The van der Waals surface area contributed by atoms with Crippen molar-refractivity contribution in [2.45, 2.75) is 11.7 Å². The van der Waals surface area contributed by atoms with Crippen molar-refractivity contribution in [3.8, 4) is 0 Å². The molecule has 0 unspecified atom stereocenters. The molecule has 1 aromatic rings. The van der Waals surface area contributed by atoms with Crippen LogP contribution in [0.1, 0.15) is 9.68 Å². The van der Waals surface area contributed by atoms with E-state index < -0.39 is 32.2 Å². The number of hydrogen-bond donors (Lipinski definition) is 0. The molecule has 6 heteroatoms. The monoisotopic (exact) mass is 289 g/mol. The van der Waals surface area contributed by atoms with Gasteiger partial charge in [-0.1, -0.05) is 15.9 Å². The van der Waals surface area contributed by atoms with Gasteiger partial charge in [0.05, 0.1) is 4.90 Å². The quantitative estimate of drug-likeness (QED) is 0.745. The molecule has 0 amide bonds. The minimum absolute atomic E-state index is 0.160. The SMILES string of the molecule is [2H]C([2H])([2H])c1c(F)cc(S(=O)(=O)Cl)cc1Br. The topological polar surface area (TPSA) is 34.1 Å². The van der Waals surface area contributed by atoms with Gasteiger partial charge in [-0.05, 0) is 24.5 Å². The molecule has 72 valence electrons. The van der Waals surface area contributed by atoms with E-state index in [2.05, 4.69) is 15.9 Å². The first kappa shape index (κ1) is 7.20. The lowest BCUT2D eigenvalue weighted by molar-refractivity contribution is 0.598. The van der Waals surface area contributed by atoms with Crippen LogP contribution in [0.15, 0.2) is 21.5 Å². The van der Waals surface area contributed by atoms with Crippen LogP contribution in [0.3, 0.4) is 0 Å². The Morgan fingerprint density at radius 3 is 2.62 bits per heavy atom. The van der Waals surface area contributed by atoms with E-state index in [0.717, 1.165) is 6.07 Å². The second-order valence-electron chi connectivity index (χ2n) is 2.20. The average Bonchev–Trinajstić information content (AvgIpc) is 1.97. The Balaban J connectivity index is 3.53. The van der Waals surface area contributed by atoms with Crippen LogP contribution in [0.2, 0.25) is 0 Å². The number of benzene rings is 1. The molecule has 0 radical (unpaired) electrons. The molecule has 0 spiro atoms. The van der Waals surface area contributed by atoms with Crippen molar-refractivity contribution in [3.05, 3.63) is 28.0 Å². The van der Waals surface area contributed by atoms with Crippen molar-refractivity contribution in [3.63, 3.8) is 0 Å². The highest BCUT2D eigenvalue weighted by molar-refractivity contribution is 9.10. The fourth-order valence-corrected chi connectivity index (χ4v) is 2.05. The number of rotatable bonds is 1. The first-order chi connectivity index (χ1) is 7.03. The summed E-state index contributed by atoms with van der Waals surface area (Å²) in [5.74, 6) is -1.14. The van der Waals surface area contributed by atoms with E-state index in [-0.39, 0.29) is 4.47 Å². The predicted octanol–water partition coefficient (Wildman–Crippen LogP) is 2.82. The maximum atomic E-state index is 13.4. The summed E-state index contributed by atoms with van der Waals surface area (Å²) in [6.07, 6.45) is 0. The number of hydrogen-bond acceptors (Lipinski definition) is 2. The van der Waals surface area contributed by atoms with Crippen molar-refractivity contribution in [2.75, 3.05) is 0 Å². The molecule has 0 aliphatic carbocycles. The summed E-state index contributed by atoms with van der Waals surface area (Å²) in [6, 6.07) is 1.53. The summed E-state index contributed by atoms with van der Waals surface area (Å²) in [7, 11) is 0.922. The lowest BCUT2D eigenvalue weighted by atomic mass is 10.2. The molecule has 0 aliphatic rings. The molecular formula is C7H5BrClFO2S. The van der Waals surface area contributed by atoms with Crippen LogP contribution in [-0.2, 0) is 9.05 Å². The molecule has 1 rings (SSSR count). The first-order valence-electron chi connectivity index (χ1n) is 4.47. The molecular weight excluding hydrogens is 282 g/mol. The van der Waals surface area contributed by atoms with Gasteiger partial charge in [-0.15, -0.1) is 0 Å². The average molecular weight is 291 g/mol. The third-order valence-electron chi connectivity index (χ3n) is 1.30. The standard InChI is InChI=1S/C7H5BrClFO2S/c1-4-6(8)2-5(3-7(4)10)13(9,11)12/h2-3H,1H3/i1D3. The first-order valence-corrected chi connectivity index (χ1v) is 6.08. The Labute approximate surface area is 92.5 Å². The highest BCUT2D eigenvalue weighted by Crippen LogP contribution is 2.25. The van der Waals surface area contributed by atoms with Gasteiger partial charge in [-0.3, -0.25) is 0 Å². The Kier molecular flexibility index (Phi) is 1.97. The van der Waals surface area contributed by atoms with Crippen molar-refractivity contribution in [2.24, 2.45) is 0 Å². The van der Waals surface area contributed by atoms with Gasteiger partial charge in [0.2, 0.25) is 0 Å². The van der Waals surface area contributed by atoms with Crippen LogP contribution >= 0.6 is 26.6 Å². The van der Waals surface area contributed by atoms with Crippen LogP contribution in [0, 0.1) is 12.7 Å². The van der Waals surface area contributed by atoms with Gasteiger partial charge in [0.15, 0.2) is 0 Å². The van der Waals surface area contributed by atoms with Crippen molar-refractivity contribution < 1.29 is 16.9 Å². The predicted molar refractivity (Wildman–Crippen MR) is 51.9 cm³/mol. The number of halogens is 3. The van der Waals surface area contributed by atoms with Crippen LogP contribution in [0.4, 0.5) is 4.39 Å². The molecule has 0 saturated carbocycles. The summed E-state index contributed by atoms with van der Waals surface area (Å²) in [5.41, 5.74) is -0.573. The molecule has 0 saturated heterocycles. The third-order valence-corrected chi connectivity index (χ3v) is 3.26. The molecule has 0 fully saturated rings. The van der Waals surface area contributed by atoms with Gasteiger partial charge in [0, 0.05) is 19.3 Å². The fraction of sp³-hybridized carbons (Fsp3) is 0.143. The fourth-order valence-electron chi connectivity index (χ4n) is 0.691. The minimum atomic E-state index is -4.09. The molecule has 13 heavy (non-hydrogen) atoms. The van der Waals surface area contributed by atoms with E-state index >= 15 is 0 Å². The largest absolute Gasteiger partial charge is 0.261 e. The summed E-state index contributed by atoms with van der Waals surface area (Å²) < 4.78 is 56.3. The van der Waals surface area contributed by atoms with E-state index in [1.54, 1.807) is 0 Å². The van der Waals surface area contributed by atoms with Gasteiger partial charge in [-0.2, -0.15) is 0 Å². The maximum absolute atomic E-state index is 13.4. The Hall–Kier alpha value is -0.130. The normalized spacial score (nSPS) is 16.1. The molecule has 0 N–H and O–H groups in total. The van der Waals surface area contributed by atoms with Crippen LogP contribution < -0.4 is 0 Å². The van der Waals surface area contributed by atoms with Crippen molar-refractivity contribution in [1.82, 2.24) is 0 Å². The zero-order chi connectivity index (χ0) is 12.7.